The van der Waals surface area contributed by atoms with Gasteiger partial charge in [0.05, 0.1) is 12.7 Å². The van der Waals surface area contributed by atoms with Crippen LogP contribution in [-0.4, -0.2) is 29.2 Å². The number of rotatable bonds is 3. The Labute approximate surface area is 109 Å². The minimum absolute atomic E-state index is 0.0911. The number of hydrogen-bond acceptors (Lipinski definition) is 3. The van der Waals surface area contributed by atoms with E-state index in [1.807, 2.05) is 0 Å². The van der Waals surface area contributed by atoms with E-state index < -0.39 is 0 Å². The highest BCUT2D eigenvalue weighted by Crippen LogP contribution is 2.59. The first-order valence-electron chi connectivity index (χ1n) is 6.81. The quantitative estimate of drug-likeness (QED) is 0.597. The summed E-state index contributed by atoms with van der Waals surface area (Å²) < 4.78 is 0. The number of aliphatic hydroxyl groups excluding tert-OH is 2. The summed E-state index contributed by atoms with van der Waals surface area (Å²) in [6, 6.07) is 0. The minimum atomic E-state index is -0.285. The first-order valence-corrected chi connectivity index (χ1v) is 6.81. The van der Waals surface area contributed by atoms with E-state index in [4.69, 9.17) is 0 Å². The standard InChI is InChI=1S/C15H24O3/c1-14(2)6-12(13(18)7-14)15(3)5-4-11(15)10(8-16)9-17/h8,12-13,17-18H,4-7,9H2,1-3H3/t12-,13-,15-/m0/s1. The summed E-state index contributed by atoms with van der Waals surface area (Å²) in [5, 5.41) is 19.6. The molecule has 3 atom stereocenters. The van der Waals surface area contributed by atoms with Gasteiger partial charge in [-0.15, -0.1) is 0 Å². The van der Waals surface area contributed by atoms with Gasteiger partial charge in [-0.25, -0.2) is 0 Å². The topological polar surface area (TPSA) is 57.5 Å². The first-order chi connectivity index (χ1) is 8.34. The highest BCUT2D eigenvalue weighted by Gasteiger charge is 2.53. The Balaban J connectivity index is 2.28. The third-order valence-corrected chi connectivity index (χ3v) is 5.10. The molecule has 2 N–H and O–H groups in total. The molecule has 0 bridgehead atoms. The number of hydrogen-bond donors (Lipinski definition) is 2. The van der Waals surface area contributed by atoms with Crippen molar-refractivity contribution < 1.29 is 15.0 Å². The van der Waals surface area contributed by atoms with Crippen LogP contribution in [0.2, 0.25) is 0 Å². The molecule has 18 heavy (non-hydrogen) atoms. The molecule has 3 nitrogen and oxygen atoms in total. The molecule has 0 aromatic heterocycles. The van der Waals surface area contributed by atoms with Crippen LogP contribution >= 0.6 is 0 Å². The SMILES string of the molecule is CC1(C)C[C@H](O)[C@@H]([C@@]2(C)CCC2=C(C=O)CO)C1. The van der Waals surface area contributed by atoms with Crippen molar-refractivity contribution in [1.82, 2.24) is 0 Å². The van der Waals surface area contributed by atoms with E-state index in [0.29, 0.717) is 5.57 Å². The van der Waals surface area contributed by atoms with Gasteiger partial charge in [0, 0.05) is 5.57 Å². The third-order valence-electron chi connectivity index (χ3n) is 5.10. The molecule has 0 amide bonds. The van der Waals surface area contributed by atoms with Crippen molar-refractivity contribution in [2.75, 3.05) is 6.61 Å². The molecule has 102 valence electrons. The zero-order valence-corrected chi connectivity index (χ0v) is 11.6. The molecule has 0 spiro atoms. The number of allylic oxidation sites excluding steroid dienone is 1. The van der Waals surface area contributed by atoms with Gasteiger partial charge in [-0.1, -0.05) is 26.3 Å². The van der Waals surface area contributed by atoms with Crippen molar-refractivity contribution in [1.29, 1.82) is 0 Å². The number of carbonyl (C=O) groups excluding carboxylic acids is 1. The van der Waals surface area contributed by atoms with Gasteiger partial charge in [-0.05, 0) is 42.4 Å². The Bertz CT molecular complexity index is 383. The first kappa shape index (κ1) is 13.8. The van der Waals surface area contributed by atoms with E-state index in [1.165, 1.54) is 0 Å². The summed E-state index contributed by atoms with van der Waals surface area (Å²) in [7, 11) is 0. The van der Waals surface area contributed by atoms with E-state index in [2.05, 4.69) is 20.8 Å². The molecule has 2 aliphatic carbocycles. The van der Waals surface area contributed by atoms with Gasteiger partial charge in [0.1, 0.15) is 6.29 Å². The Morgan fingerprint density at radius 1 is 1.39 bits per heavy atom. The summed E-state index contributed by atoms with van der Waals surface area (Å²) >= 11 is 0. The van der Waals surface area contributed by atoms with Crippen LogP contribution in [0, 0.1) is 16.7 Å². The van der Waals surface area contributed by atoms with Crippen LogP contribution in [-0.2, 0) is 4.79 Å². The molecule has 0 saturated heterocycles. The molecule has 3 heteroatoms. The molecule has 2 fully saturated rings. The normalized spacial score (nSPS) is 41.4. The van der Waals surface area contributed by atoms with E-state index in [-0.39, 0.29) is 29.5 Å². The predicted molar refractivity (Wildman–Crippen MR) is 70.0 cm³/mol. The maximum atomic E-state index is 11.0. The molecule has 0 aromatic carbocycles. The monoisotopic (exact) mass is 252 g/mol. The van der Waals surface area contributed by atoms with Crippen LogP contribution in [0.15, 0.2) is 11.1 Å². The van der Waals surface area contributed by atoms with Crippen LogP contribution in [0.4, 0.5) is 0 Å². The zero-order valence-electron chi connectivity index (χ0n) is 11.6. The van der Waals surface area contributed by atoms with Gasteiger partial charge in [0.25, 0.3) is 0 Å². The Morgan fingerprint density at radius 3 is 2.39 bits per heavy atom. The molecule has 0 radical (unpaired) electrons. The molecular weight excluding hydrogens is 228 g/mol. The largest absolute Gasteiger partial charge is 0.393 e. The minimum Gasteiger partial charge on any atom is -0.393 e. The molecule has 0 unspecified atom stereocenters. The summed E-state index contributed by atoms with van der Waals surface area (Å²) in [6.07, 6.45) is 4.21. The van der Waals surface area contributed by atoms with Gasteiger partial charge in [-0.3, -0.25) is 4.79 Å². The third kappa shape index (κ3) is 2.04. The van der Waals surface area contributed by atoms with Crippen molar-refractivity contribution in [3.05, 3.63) is 11.1 Å². The van der Waals surface area contributed by atoms with Crippen LogP contribution in [0.25, 0.3) is 0 Å². The predicted octanol–water partition coefficient (Wildman–Crippen LogP) is 2.07. The summed E-state index contributed by atoms with van der Waals surface area (Å²) in [6.45, 7) is 6.34. The zero-order chi connectivity index (χ0) is 13.6. The second-order valence-electron chi connectivity index (χ2n) is 6.94. The number of aldehydes is 1. The molecule has 0 aliphatic heterocycles. The lowest BCUT2D eigenvalue weighted by Gasteiger charge is -2.49. The maximum Gasteiger partial charge on any atom is 0.148 e. The lowest BCUT2D eigenvalue weighted by molar-refractivity contribution is -0.105. The van der Waals surface area contributed by atoms with Crippen molar-refractivity contribution in [2.24, 2.45) is 16.7 Å². The van der Waals surface area contributed by atoms with Crippen LogP contribution < -0.4 is 0 Å². The van der Waals surface area contributed by atoms with Crippen molar-refractivity contribution >= 4 is 6.29 Å². The fraction of sp³-hybridized carbons (Fsp3) is 0.800. The van der Waals surface area contributed by atoms with Crippen LogP contribution in [0.3, 0.4) is 0 Å². The van der Waals surface area contributed by atoms with E-state index in [0.717, 1.165) is 37.5 Å². The summed E-state index contributed by atoms with van der Waals surface area (Å²) in [5.74, 6) is 0.220. The van der Waals surface area contributed by atoms with Crippen molar-refractivity contribution in [3.63, 3.8) is 0 Å². The van der Waals surface area contributed by atoms with E-state index >= 15 is 0 Å². The maximum absolute atomic E-state index is 11.0. The number of carbonyl (C=O) groups is 1. The molecule has 0 heterocycles. The van der Waals surface area contributed by atoms with Crippen LogP contribution in [0.5, 0.6) is 0 Å². The van der Waals surface area contributed by atoms with Gasteiger partial charge in [0.15, 0.2) is 0 Å². The fourth-order valence-corrected chi connectivity index (χ4v) is 3.96. The van der Waals surface area contributed by atoms with Gasteiger partial charge in [-0.2, -0.15) is 0 Å². The lowest BCUT2D eigenvalue weighted by Crippen LogP contribution is -2.42. The summed E-state index contributed by atoms with van der Waals surface area (Å²) in [4.78, 5) is 11.0. The lowest BCUT2D eigenvalue weighted by atomic mass is 9.56. The van der Waals surface area contributed by atoms with Crippen molar-refractivity contribution in [3.8, 4) is 0 Å². The molecule has 2 rings (SSSR count). The Kier molecular flexibility index (Phi) is 3.41. The molecular formula is C15H24O3. The highest BCUT2D eigenvalue weighted by atomic mass is 16.3. The van der Waals surface area contributed by atoms with Gasteiger partial charge >= 0.3 is 0 Å². The van der Waals surface area contributed by atoms with E-state index in [1.54, 1.807) is 0 Å². The smallest absolute Gasteiger partial charge is 0.148 e. The van der Waals surface area contributed by atoms with Crippen LogP contribution in [0.1, 0.15) is 46.5 Å². The molecule has 0 aromatic rings. The second kappa shape index (κ2) is 4.46. The van der Waals surface area contributed by atoms with Gasteiger partial charge in [0.2, 0.25) is 0 Å². The second-order valence-corrected chi connectivity index (χ2v) is 6.94. The number of aliphatic hydroxyl groups is 2. The fourth-order valence-electron chi connectivity index (χ4n) is 3.96. The average molecular weight is 252 g/mol. The highest BCUT2D eigenvalue weighted by molar-refractivity contribution is 5.76. The van der Waals surface area contributed by atoms with E-state index in [9.17, 15) is 15.0 Å². The van der Waals surface area contributed by atoms with Crippen molar-refractivity contribution in [2.45, 2.75) is 52.6 Å². The molecule has 2 saturated carbocycles. The average Bonchev–Trinajstić information content (AvgIpc) is 2.57. The Morgan fingerprint density at radius 2 is 2.06 bits per heavy atom. The summed E-state index contributed by atoms with van der Waals surface area (Å²) in [5.41, 5.74) is 1.68. The Hall–Kier alpha value is -0.670. The molecule has 2 aliphatic rings. The van der Waals surface area contributed by atoms with Gasteiger partial charge < -0.3 is 10.2 Å².